The standard InChI is InChI=1S/C5H5F3N2/c1-10-3-2-4(9-10)5(6,7)8/h3,9H,1H3. The first-order chi connectivity index (χ1) is 4.50. The molecule has 1 heterocycles. The molecule has 1 aliphatic heterocycles. The van der Waals surface area contributed by atoms with Gasteiger partial charge in [0.05, 0.1) is 6.20 Å². The van der Waals surface area contributed by atoms with E-state index in [-0.39, 0.29) is 0 Å². The summed E-state index contributed by atoms with van der Waals surface area (Å²) in [5.74, 6) is 0. The highest BCUT2D eigenvalue weighted by molar-refractivity contribution is 5.09. The van der Waals surface area contributed by atoms with Gasteiger partial charge in [-0.25, -0.2) is 0 Å². The first kappa shape index (κ1) is 7.02. The van der Waals surface area contributed by atoms with E-state index in [4.69, 9.17) is 0 Å². The molecule has 0 radical (unpaired) electrons. The van der Waals surface area contributed by atoms with Crippen LogP contribution in [0, 0.1) is 0 Å². The average Bonchev–Trinajstić information content (AvgIpc) is 2.11. The zero-order chi connectivity index (χ0) is 7.78. The number of allylic oxidation sites excluding steroid dienone is 1. The van der Waals surface area contributed by atoms with Gasteiger partial charge in [0.15, 0.2) is 5.70 Å². The van der Waals surface area contributed by atoms with Crippen molar-refractivity contribution < 1.29 is 13.2 Å². The zero-order valence-electron chi connectivity index (χ0n) is 5.16. The second-order valence-corrected chi connectivity index (χ2v) is 1.87. The normalized spacial score (nSPS) is 17.2. The molecule has 56 valence electrons. The van der Waals surface area contributed by atoms with Gasteiger partial charge in [0.1, 0.15) is 0 Å². The Kier molecular flexibility index (Phi) is 1.37. The molecule has 0 aromatic heterocycles. The van der Waals surface area contributed by atoms with Crippen molar-refractivity contribution in [1.29, 1.82) is 0 Å². The minimum absolute atomic E-state index is 0.852. The number of alkyl halides is 3. The van der Waals surface area contributed by atoms with Crippen molar-refractivity contribution in [2.24, 2.45) is 0 Å². The summed E-state index contributed by atoms with van der Waals surface area (Å²) in [6, 6.07) is 0. The van der Waals surface area contributed by atoms with E-state index in [1.165, 1.54) is 18.3 Å². The predicted molar refractivity (Wildman–Crippen MR) is 28.5 cm³/mol. The lowest BCUT2D eigenvalue weighted by atomic mass is 10.5. The van der Waals surface area contributed by atoms with Crippen molar-refractivity contribution in [1.82, 2.24) is 10.4 Å². The van der Waals surface area contributed by atoms with Crippen LogP contribution in [0.4, 0.5) is 13.2 Å². The van der Waals surface area contributed by atoms with Gasteiger partial charge >= 0.3 is 6.18 Å². The van der Waals surface area contributed by atoms with E-state index in [2.05, 4.69) is 5.43 Å². The lowest BCUT2D eigenvalue weighted by molar-refractivity contribution is -0.0996. The van der Waals surface area contributed by atoms with Gasteiger partial charge in [-0.2, -0.15) is 13.2 Å². The number of hydrazine groups is 1. The van der Waals surface area contributed by atoms with Crippen LogP contribution in [0.15, 0.2) is 17.6 Å². The molecule has 1 N–H and O–H groups in total. The van der Waals surface area contributed by atoms with Gasteiger partial charge < -0.3 is 0 Å². The third kappa shape index (κ3) is 1.25. The largest absolute Gasteiger partial charge is 0.440 e. The van der Waals surface area contributed by atoms with E-state index in [9.17, 15) is 13.2 Å². The summed E-state index contributed by atoms with van der Waals surface area (Å²) in [5.41, 5.74) is 3.23. The first-order valence-corrected chi connectivity index (χ1v) is 2.53. The van der Waals surface area contributed by atoms with E-state index in [0.29, 0.717) is 0 Å². The molecular formula is C5H5F3N2. The monoisotopic (exact) mass is 150 g/mol. The molecule has 0 bridgehead atoms. The van der Waals surface area contributed by atoms with Crippen LogP contribution in [-0.2, 0) is 0 Å². The fraction of sp³-hybridized carbons (Fsp3) is 0.400. The summed E-state index contributed by atoms with van der Waals surface area (Å²) < 4.78 is 35.2. The van der Waals surface area contributed by atoms with Crippen LogP contribution in [0.5, 0.6) is 0 Å². The number of nitrogens with one attached hydrogen (secondary N) is 1. The second kappa shape index (κ2) is 1.95. The second-order valence-electron chi connectivity index (χ2n) is 1.87. The Labute approximate surface area is 55.6 Å². The molecule has 0 atom stereocenters. The van der Waals surface area contributed by atoms with Crippen LogP contribution < -0.4 is 5.43 Å². The number of halogens is 3. The van der Waals surface area contributed by atoms with Crippen LogP contribution in [-0.4, -0.2) is 18.2 Å². The molecule has 0 saturated carbocycles. The molecule has 0 unspecified atom stereocenters. The minimum atomic E-state index is -4.32. The van der Waals surface area contributed by atoms with Gasteiger partial charge in [0, 0.05) is 7.05 Å². The summed E-state index contributed by atoms with van der Waals surface area (Å²) in [6.45, 7) is 0. The van der Waals surface area contributed by atoms with Gasteiger partial charge in [0.25, 0.3) is 0 Å². The van der Waals surface area contributed by atoms with Gasteiger partial charge in [-0.3, -0.25) is 10.4 Å². The highest BCUT2D eigenvalue weighted by atomic mass is 19.4. The summed E-state index contributed by atoms with van der Waals surface area (Å²) in [4.78, 5) is 0. The third-order valence-corrected chi connectivity index (χ3v) is 0.974. The number of nitrogens with zero attached hydrogens (tertiary/aromatic N) is 1. The summed E-state index contributed by atoms with van der Waals surface area (Å²) in [5, 5.41) is 1.18. The fourth-order valence-corrected chi connectivity index (χ4v) is 0.547. The van der Waals surface area contributed by atoms with E-state index in [1.54, 1.807) is 0 Å². The van der Waals surface area contributed by atoms with Gasteiger partial charge in [-0.15, -0.1) is 0 Å². The van der Waals surface area contributed by atoms with E-state index in [1.807, 2.05) is 5.73 Å². The Morgan fingerprint density at radius 3 is 2.40 bits per heavy atom. The zero-order valence-corrected chi connectivity index (χ0v) is 5.16. The maximum Gasteiger partial charge on any atom is 0.440 e. The SMILES string of the molecule is CN1C=C=C(C(F)(F)F)N1. The van der Waals surface area contributed by atoms with Crippen molar-refractivity contribution in [3.05, 3.63) is 17.6 Å². The molecule has 1 aliphatic rings. The Hall–Kier alpha value is -1.09. The van der Waals surface area contributed by atoms with Crippen LogP contribution in [0.25, 0.3) is 0 Å². The van der Waals surface area contributed by atoms with E-state index >= 15 is 0 Å². The maximum atomic E-state index is 11.7. The molecule has 0 fully saturated rings. The highest BCUT2D eigenvalue weighted by Gasteiger charge is 2.35. The third-order valence-electron chi connectivity index (χ3n) is 0.974. The molecule has 2 nitrogen and oxygen atoms in total. The Bertz CT molecular complexity index is 199. The molecule has 10 heavy (non-hydrogen) atoms. The Morgan fingerprint density at radius 1 is 1.60 bits per heavy atom. The molecule has 0 aliphatic carbocycles. The van der Waals surface area contributed by atoms with Crippen molar-refractivity contribution in [2.75, 3.05) is 7.05 Å². The van der Waals surface area contributed by atoms with Crippen LogP contribution in [0.2, 0.25) is 0 Å². The molecule has 0 aromatic rings. The average molecular weight is 150 g/mol. The number of hydrogen-bond donors (Lipinski definition) is 1. The minimum Gasteiger partial charge on any atom is -0.290 e. The molecule has 0 amide bonds. The van der Waals surface area contributed by atoms with Crippen molar-refractivity contribution in [2.45, 2.75) is 6.18 Å². The van der Waals surface area contributed by atoms with E-state index in [0.717, 1.165) is 0 Å². The Balaban J connectivity index is 2.72. The topological polar surface area (TPSA) is 15.3 Å². The van der Waals surface area contributed by atoms with Crippen molar-refractivity contribution in [3.8, 4) is 0 Å². The molecule has 0 saturated heterocycles. The maximum absolute atomic E-state index is 11.7. The molecule has 5 heteroatoms. The summed E-state index contributed by atoms with van der Waals surface area (Å²) in [6.07, 6.45) is -3.13. The lowest BCUT2D eigenvalue weighted by Crippen LogP contribution is -2.31. The quantitative estimate of drug-likeness (QED) is 0.518. The molecule has 1 rings (SSSR count). The highest BCUT2D eigenvalue weighted by Crippen LogP contribution is 2.24. The van der Waals surface area contributed by atoms with Crippen LogP contribution in [0.3, 0.4) is 0 Å². The lowest BCUT2D eigenvalue weighted by Gasteiger charge is -2.13. The number of rotatable bonds is 0. The van der Waals surface area contributed by atoms with Gasteiger partial charge in [-0.1, -0.05) is 5.73 Å². The van der Waals surface area contributed by atoms with Gasteiger partial charge in [-0.05, 0) is 0 Å². The predicted octanol–water partition coefficient (Wildman–Crippen LogP) is 0.995. The smallest absolute Gasteiger partial charge is 0.290 e. The van der Waals surface area contributed by atoms with Crippen LogP contribution >= 0.6 is 0 Å². The number of hydrogen-bond acceptors (Lipinski definition) is 2. The molecular weight excluding hydrogens is 145 g/mol. The summed E-state index contributed by atoms with van der Waals surface area (Å²) >= 11 is 0. The van der Waals surface area contributed by atoms with Crippen molar-refractivity contribution >= 4 is 0 Å². The van der Waals surface area contributed by atoms with E-state index < -0.39 is 11.9 Å². The molecule has 0 spiro atoms. The van der Waals surface area contributed by atoms with Crippen LogP contribution in [0.1, 0.15) is 0 Å². The molecule has 0 aromatic carbocycles. The summed E-state index contributed by atoms with van der Waals surface area (Å²) in [7, 11) is 1.46. The fourth-order valence-electron chi connectivity index (χ4n) is 0.547. The van der Waals surface area contributed by atoms with Gasteiger partial charge in [0.2, 0.25) is 0 Å². The Morgan fingerprint density at radius 2 is 2.20 bits per heavy atom. The first-order valence-electron chi connectivity index (χ1n) is 2.53. The van der Waals surface area contributed by atoms with Crippen molar-refractivity contribution in [3.63, 3.8) is 0 Å².